The van der Waals surface area contributed by atoms with Crippen molar-refractivity contribution in [3.63, 3.8) is 0 Å². The molecule has 1 saturated heterocycles. The number of ether oxygens (including phenoxy) is 1. The van der Waals surface area contributed by atoms with Gasteiger partial charge in [0.15, 0.2) is 0 Å². The maximum absolute atomic E-state index is 12.8. The number of rotatable bonds is 8. The Hall–Kier alpha value is -3.15. The van der Waals surface area contributed by atoms with Crippen LogP contribution < -0.4 is 4.90 Å². The van der Waals surface area contributed by atoms with Crippen molar-refractivity contribution < 1.29 is 19.1 Å². The van der Waals surface area contributed by atoms with Crippen molar-refractivity contribution in [3.8, 4) is 0 Å². The van der Waals surface area contributed by atoms with Gasteiger partial charge in [-0.1, -0.05) is 48.9 Å². The highest BCUT2D eigenvalue weighted by atomic mass is 16.5. The first-order valence-electron chi connectivity index (χ1n) is 11.8. The number of anilines is 1. The van der Waals surface area contributed by atoms with Crippen LogP contribution in [-0.4, -0.2) is 42.4 Å². The Morgan fingerprint density at radius 3 is 2.30 bits per heavy atom. The van der Waals surface area contributed by atoms with Gasteiger partial charge in [0.1, 0.15) is 0 Å². The number of hydrogen-bond donors (Lipinski definition) is 0. The molecule has 0 atom stereocenters. The van der Waals surface area contributed by atoms with Crippen LogP contribution in [-0.2, 0) is 32.1 Å². The average molecular weight is 451 g/mol. The second-order valence-electron chi connectivity index (χ2n) is 8.57. The molecule has 0 aromatic heterocycles. The van der Waals surface area contributed by atoms with Crippen LogP contribution in [0.15, 0.2) is 48.5 Å². The molecule has 0 bridgehead atoms. The molecule has 0 N–H and O–H groups in total. The predicted octanol–water partition coefficient (Wildman–Crippen LogP) is 4.28. The second-order valence-corrected chi connectivity index (χ2v) is 8.57. The van der Waals surface area contributed by atoms with Gasteiger partial charge in [0.05, 0.1) is 25.5 Å². The van der Waals surface area contributed by atoms with Crippen molar-refractivity contribution in [1.29, 1.82) is 0 Å². The number of carbonyl (C=O) groups excluding carboxylic acids is 3. The van der Waals surface area contributed by atoms with Crippen LogP contribution in [0.25, 0.3) is 0 Å². The average Bonchev–Trinajstić information content (AvgIpc) is 2.83. The Morgan fingerprint density at radius 1 is 1.00 bits per heavy atom. The summed E-state index contributed by atoms with van der Waals surface area (Å²) in [5, 5.41) is 0. The Kier molecular flexibility index (Phi) is 8.64. The fraction of sp³-hybridized carbons (Fsp3) is 0.444. The van der Waals surface area contributed by atoms with Gasteiger partial charge < -0.3 is 14.5 Å². The lowest BCUT2D eigenvalue weighted by Gasteiger charge is -2.31. The summed E-state index contributed by atoms with van der Waals surface area (Å²) in [6.45, 7) is 7.78. The van der Waals surface area contributed by atoms with Crippen LogP contribution in [0.2, 0.25) is 0 Å². The van der Waals surface area contributed by atoms with E-state index in [4.69, 9.17) is 4.74 Å². The minimum atomic E-state index is -0.156. The summed E-state index contributed by atoms with van der Waals surface area (Å²) in [6, 6.07) is 15.8. The van der Waals surface area contributed by atoms with Crippen LogP contribution in [0.1, 0.15) is 49.8 Å². The molecular formula is C27H34N2O4. The minimum Gasteiger partial charge on any atom is -0.466 e. The van der Waals surface area contributed by atoms with Gasteiger partial charge in [-0.2, -0.15) is 0 Å². The van der Waals surface area contributed by atoms with E-state index in [-0.39, 0.29) is 23.7 Å². The van der Waals surface area contributed by atoms with Gasteiger partial charge in [0.2, 0.25) is 11.8 Å². The van der Waals surface area contributed by atoms with Crippen molar-refractivity contribution >= 4 is 23.5 Å². The monoisotopic (exact) mass is 450 g/mol. The molecule has 33 heavy (non-hydrogen) atoms. The number of amides is 2. The Morgan fingerprint density at radius 2 is 1.70 bits per heavy atom. The lowest BCUT2D eigenvalue weighted by atomic mass is 9.96. The number of likely N-dealkylation sites (tertiary alicyclic amines) is 1. The van der Waals surface area contributed by atoms with Gasteiger partial charge in [-0.05, 0) is 49.9 Å². The molecule has 2 aromatic carbocycles. The van der Waals surface area contributed by atoms with E-state index < -0.39 is 0 Å². The fourth-order valence-corrected chi connectivity index (χ4v) is 4.21. The number of benzene rings is 2. The van der Waals surface area contributed by atoms with E-state index in [0.29, 0.717) is 51.9 Å². The first kappa shape index (κ1) is 24.5. The standard InChI is InChI=1S/C27H34N2O4/c1-4-25(30)29(19-22-8-6-7-20(3)17-22)24-11-9-21(10-12-24)18-26(31)28-15-13-23(14-16-28)27(32)33-5-2/h6-12,17,23H,4-5,13-16,18-19H2,1-3H3. The lowest BCUT2D eigenvalue weighted by molar-refractivity contribution is -0.151. The highest BCUT2D eigenvalue weighted by molar-refractivity contribution is 5.93. The number of esters is 1. The maximum Gasteiger partial charge on any atom is 0.309 e. The summed E-state index contributed by atoms with van der Waals surface area (Å²) in [6.07, 6.45) is 2.03. The zero-order chi connectivity index (χ0) is 23.8. The second kappa shape index (κ2) is 11.6. The molecular weight excluding hydrogens is 416 g/mol. The molecule has 1 aliphatic rings. The molecule has 176 valence electrons. The highest BCUT2D eigenvalue weighted by Crippen LogP contribution is 2.22. The quantitative estimate of drug-likeness (QED) is 0.563. The molecule has 2 aromatic rings. The van der Waals surface area contributed by atoms with E-state index in [1.807, 2.05) is 68.1 Å². The van der Waals surface area contributed by atoms with E-state index in [0.717, 1.165) is 22.4 Å². The van der Waals surface area contributed by atoms with Crippen molar-refractivity contribution in [2.45, 2.75) is 53.0 Å². The third-order valence-electron chi connectivity index (χ3n) is 6.10. The summed E-state index contributed by atoms with van der Waals surface area (Å²) in [7, 11) is 0. The largest absolute Gasteiger partial charge is 0.466 e. The maximum atomic E-state index is 12.8. The molecule has 0 aliphatic carbocycles. The van der Waals surface area contributed by atoms with Gasteiger partial charge in [0, 0.05) is 25.2 Å². The number of hydrogen-bond acceptors (Lipinski definition) is 4. The van der Waals surface area contributed by atoms with Gasteiger partial charge in [-0.3, -0.25) is 14.4 Å². The molecule has 6 heteroatoms. The summed E-state index contributed by atoms with van der Waals surface area (Å²) in [4.78, 5) is 40.9. The molecule has 1 heterocycles. The summed E-state index contributed by atoms with van der Waals surface area (Å²) >= 11 is 0. The van der Waals surface area contributed by atoms with Crippen LogP contribution in [0, 0.1) is 12.8 Å². The van der Waals surface area contributed by atoms with E-state index in [1.165, 1.54) is 0 Å². The smallest absolute Gasteiger partial charge is 0.309 e. The molecule has 3 rings (SSSR count). The Balaban J connectivity index is 1.60. The summed E-state index contributed by atoms with van der Waals surface area (Å²) < 4.78 is 5.10. The van der Waals surface area contributed by atoms with Crippen molar-refractivity contribution in [2.24, 2.45) is 5.92 Å². The molecule has 6 nitrogen and oxygen atoms in total. The Bertz CT molecular complexity index is 962. The fourth-order valence-electron chi connectivity index (χ4n) is 4.21. The van der Waals surface area contributed by atoms with E-state index in [2.05, 4.69) is 6.07 Å². The SMILES string of the molecule is CCOC(=O)C1CCN(C(=O)Cc2ccc(N(Cc3cccc(C)c3)C(=O)CC)cc2)CC1. The topological polar surface area (TPSA) is 66.9 Å². The molecule has 0 spiro atoms. The first-order valence-corrected chi connectivity index (χ1v) is 11.8. The normalized spacial score (nSPS) is 14.1. The van der Waals surface area contributed by atoms with Gasteiger partial charge in [0.25, 0.3) is 0 Å². The van der Waals surface area contributed by atoms with E-state index in [9.17, 15) is 14.4 Å². The zero-order valence-electron chi connectivity index (χ0n) is 19.9. The minimum absolute atomic E-state index is 0.0600. The van der Waals surface area contributed by atoms with Crippen molar-refractivity contribution in [3.05, 3.63) is 65.2 Å². The third-order valence-corrected chi connectivity index (χ3v) is 6.10. The predicted molar refractivity (Wildman–Crippen MR) is 129 cm³/mol. The van der Waals surface area contributed by atoms with Gasteiger partial charge in [-0.25, -0.2) is 0 Å². The van der Waals surface area contributed by atoms with Crippen LogP contribution in [0.3, 0.4) is 0 Å². The molecule has 1 fully saturated rings. The van der Waals surface area contributed by atoms with Crippen molar-refractivity contribution in [2.75, 3.05) is 24.6 Å². The van der Waals surface area contributed by atoms with Gasteiger partial charge in [-0.15, -0.1) is 0 Å². The molecule has 0 saturated carbocycles. The number of piperidine rings is 1. The first-order chi connectivity index (χ1) is 15.9. The highest BCUT2D eigenvalue weighted by Gasteiger charge is 2.28. The third kappa shape index (κ3) is 6.67. The van der Waals surface area contributed by atoms with Crippen LogP contribution >= 0.6 is 0 Å². The van der Waals surface area contributed by atoms with E-state index >= 15 is 0 Å². The molecule has 0 radical (unpaired) electrons. The lowest BCUT2D eigenvalue weighted by Crippen LogP contribution is -2.41. The number of aryl methyl sites for hydroxylation is 1. The molecule has 1 aliphatic heterocycles. The zero-order valence-corrected chi connectivity index (χ0v) is 19.9. The molecule has 0 unspecified atom stereocenters. The molecule has 2 amide bonds. The van der Waals surface area contributed by atoms with Crippen molar-refractivity contribution in [1.82, 2.24) is 4.90 Å². The van der Waals surface area contributed by atoms with E-state index in [1.54, 1.807) is 4.90 Å². The number of carbonyl (C=O) groups is 3. The summed E-state index contributed by atoms with van der Waals surface area (Å²) in [5.41, 5.74) is 3.99. The van der Waals surface area contributed by atoms with Gasteiger partial charge >= 0.3 is 5.97 Å². The summed E-state index contributed by atoms with van der Waals surface area (Å²) in [5.74, 6) is -0.142. The Labute approximate surface area is 196 Å². The van der Waals surface area contributed by atoms with Crippen LogP contribution in [0.5, 0.6) is 0 Å². The number of nitrogens with zero attached hydrogens (tertiary/aromatic N) is 2. The van der Waals surface area contributed by atoms with Crippen LogP contribution in [0.4, 0.5) is 5.69 Å².